The molecule has 1 aromatic carbocycles. The standard InChI is InChI=1S/C19H26FN3O4/c1-3-27-19(26)14-8-10-23(11-9-14)13-18(25)22(2)12-17(24)21-16-6-4-15(20)5-7-16/h4-7,14H,3,8-13H2,1-2H3,(H,21,24). The third-order valence-electron chi connectivity index (χ3n) is 4.50. The second-order valence-corrected chi connectivity index (χ2v) is 6.61. The van der Waals surface area contributed by atoms with Crippen LogP contribution >= 0.6 is 0 Å². The van der Waals surface area contributed by atoms with Crippen molar-refractivity contribution in [2.45, 2.75) is 19.8 Å². The zero-order valence-corrected chi connectivity index (χ0v) is 15.7. The molecular formula is C19H26FN3O4. The highest BCUT2D eigenvalue weighted by Gasteiger charge is 2.27. The SMILES string of the molecule is CCOC(=O)C1CCN(CC(=O)N(C)CC(=O)Nc2ccc(F)cc2)CC1. The van der Waals surface area contributed by atoms with Crippen LogP contribution in [0.15, 0.2) is 24.3 Å². The number of halogens is 1. The lowest BCUT2D eigenvalue weighted by Gasteiger charge is -2.31. The molecule has 0 unspecified atom stereocenters. The van der Waals surface area contributed by atoms with E-state index in [-0.39, 0.29) is 42.6 Å². The molecule has 1 N–H and O–H groups in total. The molecule has 7 nitrogen and oxygen atoms in total. The molecule has 0 atom stereocenters. The van der Waals surface area contributed by atoms with Crippen LogP contribution in [-0.2, 0) is 19.1 Å². The van der Waals surface area contributed by atoms with Crippen LogP contribution in [0.3, 0.4) is 0 Å². The molecule has 0 saturated carbocycles. The smallest absolute Gasteiger partial charge is 0.309 e. The summed E-state index contributed by atoms with van der Waals surface area (Å²) in [6, 6.07) is 5.43. The third kappa shape index (κ3) is 6.63. The van der Waals surface area contributed by atoms with Gasteiger partial charge in [0.15, 0.2) is 0 Å². The number of nitrogens with one attached hydrogen (secondary N) is 1. The minimum atomic E-state index is -0.382. The Morgan fingerprint density at radius 1 is 1.22 bits per heavy atom. The average molecular weight is 379 g/mol. The number of carbonyl (C=O) groups excluding carboxylic acids is 3. The fraction of sp³-hybridized carbons (Fsp3) is 0.526. The summed E-state index contributed by atoms with van der Waals surface area (Å²) < 4.78 is 17.9. The molecule has 0 radical (unpaired) electrons. The normalized spacial score (nSPS) is 15.2. The van der Waals surface area contributed by atoms with Gasteiger partial charge in [-0.3, -0.25) is 19.3 Å². The van der Waals surface area contributed by atoms with Crippen molar-refractivity contribution in [2.24, 2.45) is 5.92 Å². The van der Waals surface area contributed by atoms with E-state index in [2.05, 4.69) is 5.32 Å². The largest absolute Gasteiger partial charge is 0.466 e. The maximum absolute atomic E-state index is 12.9. The van der Waals surface area contributed by atoms with Gasteiger partial charge in [0.2, 0.25) is 11.8 Å². The Hall–Kier alpha value is -2.48. The summed E-state index contributed by atoms with van der Waals surface area (Å²) in [5, 5.41) is 2.62. The van der Waals surface area contributed by atoms with Crippen LogP contribution < -0.4 is 5.32 Å². The number of hydrogen-bond acceptors (Lipinski definition) is 5. The number of ether oxygens (including phenoxy) is 1. The van der Waals surface area contributed by atoms with E-state index in [1.54, 1.807) is 14.0 Å². The number of likely N-dealkylation sites (N-methyl/N-ethyl adjacent to an activating group) is 1. The third-order valence-corrected chi connectivity index (χ3v) is 4.50. The number of anilines is 1. The number of amides is 2. The molecule has 0 aliphatic carbocycles. The number of rotatable bonds is 7. The maximum Gasteiger partial charge on any atom is 0.309 e. The molecule has 1 saturated heterocycles. The zero-order valence-electron chi connectivity index (χ0n) is 15.7. The first-order valence-corrected chi connectivity index (χ1v) is 9.07. The van der Waals surface area contributed by atoms with E-state index in [1.807, 2.05) is 4.90 Å². The van der Waals surface area contributed by atoms with E-state index in [0.717, 1.165) is 0 Å². The molecule has 0 bridgehead atoms. The quantitative estimate of drug-likeness (QED) is 0.727. The number of benzene rings is 1. The van der Waals surface area contributed by atoms with Crippen molar-refractivity contribution >= 4 is 23.5 Å². The summed E-state index contributed by atoms with van der Waals surface area (Å²) in [6.07, 6.45) is 1.34. The van der Waals surface area contributed by atoms with Gasteiger partial charge >= 0.3 is 5.97 Å². The molecular weight excluding hydrogens is 353 g/mol. The zero-order chi connectivity index (χ0) is 19.8. The first kappa shape index (κ1) is 20.8. The molecule has 148 valence electrons. The average Bonchev–Trinajstić information content (AvgIpc) is 2.64. The van der Waals surface area contributed by atoms with Gasteiger partial charge in [0.1, 0.15) is 5.82 Å². The Morgan fingerprint density at radius 2 is 1.85 bits per heavy atom. The fourth-order valence-electron chi connectivity index (χ4n) is 2.94. The summed E-state index contributed by atoms with van der Waals surface area (Å²) >= 11 is 0. The minimum absolute atomic E-state index is 0.0878. The van der Waals surface area contributed by atoms with Crippen molar-refractivity contribution in [3.8, 4) is 0 Å². The maximum atomic E-state index is 12.9. The Bertz CT molecular complexity index is 657. The van der Waals surface area contributed by atoms with Gasteiger partial charge in [-0.05, 0) is 57.1 Å². The van der Waals surface area contributed by atoms with Crippen LogP contribution in [0, 0.1) is 11.7 Å². The van der Waals surface area contributed by atoms with E-state index >= 15 is 0 Å². The van der Waals surface area contributed by atoms with Crippen LogP contribution in [0.5, 0.6) is 0 Å². The highest BCUT2D eigenvalue weighted by Crippen LogP contribution is 2.18. The Balaban J connectivity index is 1.73. The molecule has 27 heavy (non-hydrogen) atoms. The Morgan fingerprint density at radius 3 is 2.44 bits per heavy atom. The van der Waals surface area contributed by atoms with Crippen LogP contribution in [0.1, 0.15) is 19.8 Å². The van der Waals surface area contributed by atoms with Gasteiger partial charge in [0.05, 0.1) is 25.6 Å². The lowest BCUT2D eigenvalue weighted by molar-refractivity contribution is -0.149. The first-order valence-electron chi connectivity index (χ1n) is 9.07. The second-order valence-electron chi connectivity index (χ2n) is 6.61. The molecule has 1 aromatic rings. The van der Waals surface area contributed by atoms with Crippen molar-refractivity contribution < 1.29 is 23.5 Å². The summed E-state index contributed by atoms with van der Waals surface area (Å²) in [7, 11) is 1.57. The van der Waals surface area contributed by atoms with Crippen LogP contribution in [0.2, 0.25) is 0 Å². The molecule has 1 heterocycles. The molecule has 0 aromatic heterocycles. The number of hydrogen-bond donors (Lipinski definition) is 1. The first-order chi connectivity index (χ1) is 12.9. The topological polar surface area (TPSA) is 79.0 Å². The summed E-state index contributed by atoms with van der Waals surface area (Å²) in [6.45, 7) is 3.57. The number of piperidine rings is 1. The van der Waals surface area contributed by atoms with E-state index in [1.165, 1.54) is 29.2 Å². The molecule has 2 rings (SSSR count). The highest BCUT2D eigenvalue weighted by molar-refractivity contribution is 5.94. The van der Waals surface area contributed by atoms with Gasteiger partial charge in [-0.15, -0.1) is 0 Å². The van der Waals surface area contributed by atoms with Crippen LogP contribution in [-0.4, -0.2) is 67.4 Å². The summed E-state index contributed by atoms with van der Waals surface area (Å²) in [5.41, 5.74) is 0.475. The van der Waals surface area contributed by atoms with Gasteiger partial charge in [-0.25, -0.2) is 4.39 Å². The van der Waals surface area contributed by atoms with Crippen molar-refractivity contribution in [3.05, 3.63) is 30.1 Å². The predicted molar refractivity (Wildman–Crippen MR) is 98.5 cm³/mol. The second kappa shape index (κ2) is 10.0. The van der Waals surface area contributed by atoms with E-state index in [4.69, 9.17) is 4.74 Å². The van der Waals surface area contributed by atoms with Gasteiger partial charge in [0.25, 0.3) is 0 Å². The van der Waals surface area contributed by atoms with Crippen molar-refractivity contribution in [1.29, 1.82) is 0 Å². The van der Waals surface area contributed by atoms with Gasteiger partial charge in [0, 0.05) is 12.7 Å². The van der Waals surface area contributed by atoms with Crippen molar-refractivity contribution in [1.82, 2.24) is 9.80 Å². The molecule has 1 aliphatic rings. The minimum Gasteiger partial charge on any atom is -0.466 e. The van der Waals surface area contributed by atoms with Crippen molar-refractivity contribution in [2.75, 3.05) is 45.2 Å². The Labute approximate surface area is 158 Å². The molecule has 8 heteroatoms. The van der Waals surface area contributed by atoms with Crippen LogP contribution in [0.25, 0.3) is 0 Å². The monoisotopic (exact) mass is 379 g/mol. The Kier molecular flexibility index (Phi) is 7.72. The number of likely N-dealkylation sites (tertiary alicyclic amines) is 1. The van der Waals surface area contributed by atoms with Gasteiger partial charge in [-0.2, -0.15) is 0 Å². The predicted octanol–water partition coefficient (Wildman–Crippen LogP) is 1.50. The number of nitrogens with zero attached hydrogens (tertiary/aromatic N) is 2. The van der Waals surface area contributed by atoms with E-state index < -0.39 is 0 Å². The summed E-state index contributed by atoms with van der Waals surface area (Å²) in [5.74, 6) is -1.17. The van der Waals surface area contributed by atoms with Gasteiger partial charge < -0.3 is 15.0 Å². The van der Waals surface area contributed by atoms with Crippen molar-refractivity contribution in [3.63, 3.8) is 0 Å². The highest BCUT2D eigenvalue weighted by atomic mass is 19.1. The van der Waals surface area contributed by atoms with E-state index in [0.29, 0.717) is 38.2 Å². The molecule has 1 aliphatic heterocycles. The molecule has 2 amide bonds. The van der Waals surface area contributed by atoms with Gasteiger partial charge in [-0.1, -0.05) is 0 Å². The lowest BCUT2D eigenvalue weighted by Crippen LogP contribution is -2.45. The lowest BCUT2D eigenvalue weighted by atomic mass is 9.97. The van der Waals surface area contributed by atoms with E-state index in [9.17, 15) is 18.8 Å². The fourth-order valence-corrected chi connectivity index (χ4v) is 2.94. The molecule has 0 spiro atoms. The molecule has 1 fully saturated rings. The number of carbonyl (C=O) groups is 3. The van der Waals surface area contributed by atoms with Crippen LogP contribution in [0.4, 0.5) is 10.1 Å². The summed E-state index contributed by atoms with van der Waals surface area (Å²) in [4.78, 5) is 39.4. The number of esters is 1.